The molecule has 1 atom stereocenters. The standard InChI is InChI=1S/C8H19NO3/c1-12-6-5-9-4-2-3-8(11)7-10/h8-11H,2-7H2,1H3. The molecule has 74 valence electrons. The molecular weight excluding hydrogens is 158 g/mol. The highest BCUT2D eigenvalue weighted by Gasteiger charge is 1.99. The molecule has 0 heterocycles. The van der Waals surface area contributed by atoms with Crippen molar-refractivity contribution >= 4 is 0 Å². The average Bonchev–Trinajstić information content (AvgIpc) is 2.10. The van der Waals surface area contributed by atoms with Gasteiger partial charge in [0.1, 0.15) is 0 Å². The van der Waals surface area contributed by atoms with Crippen molar-refractivity contribution in [2.75, 3.05) is 33.4 Å². The Morgan fingerprint density at radius 1 is 1.42 bits per heavy atom. The number of rotatable bonds is 8. The lowest BCUT2D eigenvalue weighted by molar-refractivity contribution is 0.0865. The molecule has 0 aromatic carbocycles. The monoisotopic (exact) mass is 177 g/mol. The Balaban J connectivity index is 2.90. The summed E-state index contributed by atoms with van der Waals surface area (Å²) in [6.07, 6.45) is 0.969. The maximum absolute atomic E-state index is 8.96. The van der Waals surface area contributed by atoms with Gasteiger partial charge >= 0.3 is 0 Å². The second-order valence-electron chi connectivity index (χ2n) is 2.72. The van der Waals surface area contributed by atoms with Gasteiger partial charge in [-0.1, -0.05) is 0 Å². The highest BCUT2D eigenvalue weighted by atomic mass is 16.5. The molecule has 4 heteroatoms. The molecule has 0 aliphatic rings. The molecule has 0 aromatic rings. The smallest absolute Gasteiger partial charge is 0.0771 e. The van der Waals surface area contributed by atoms with Gasteiger partial charge in [-0.3, -0.25) is 0 Å². The van der Waals surface area contributed by atoms with E-state index in [1.807, 2.05) is 0 Å². The van der Waals surface area contributed by atoms with Crippen LogP contribution in [-0.4, -0.2) is 49.7 Å². The third-order valence-corrected chi connectivity index (χ3v) is 1.58. The molecule has 0 amide bonds. The fourth-order valence-corrected chi connectivity index (χ4v) is 0.853. The SMILES string of the molecule is COCCNCCCC(O)CO. The number of aliphatic hydroxyl groups is 2. The molecule has 0 rings (SSSR count). The van der Waals surface area contributed by atoms with Crippen LogP contribution in [0.25, 0.3) is 0 Å². The van der Waals surface area contributed by atoms with Gasteiger partial charge in [-0.15, -0.1) is 0 Å². The van der Waals surface area contributed by atoms with Crippen molar-refractivity contribution in [2.45, 2.75) is 18.9 Å². The maximum Gasteiger partial charge on any atom is 0.0771 e. The van der Waals surface area contributed by atoms with Gasteiger partial charge in [0, 0.05) is 13.7 Å². The second kappa shape index (κ2) is 8.93. The van der Waals surface area contributed by atoms with E-state index in [4.69, 9.17) is 14.9 Å². The van der Waals surface area contributed by atoms with Crippen LogP contribution in [0.5, 0.6) is 0 Å². The molecule has 0 saturated carbocycles. The van der Waals surface area contributed by atoms with Crippen LogP contribution < -0.4 is 5.32 Å². The Bertz CT molecular complexity index is 90.4. The third-order valence-electron chi connectivity index (χ3n) is 1.58. The van der Waals surface area contributed by atoms with Crippen molar-refractivity contribution in [2.24, 2.45) is 0 Å². The zero-order chi connectivity index (χ0) is 9.23. The molecular formula is C8H19NO3. The molecule has 3 N–H and O–H groups in total. The summed E-state index contributed by atoms with van der Waals surface area (Å²) in [6.45, 7) is 2.27. The Hall–Kier alpha value is -0.160. The predicted octanol–water partition coefficient (Wildman–Crippen LogP) is -0.644. The Morgan fingerprint density at radius 3 is 2.75 bits per heavy atom. The van der Waals surface area contributed by atoms with Crippen molar-refractivity contribution in [1.82, 2.24) is 5.32 Å². The van der Waals surface area contributed by atoms with Gasteiger partial charge in [0.25, 0.3) is 0 Å². The summed E-state index contributed by atoms with van der Waals surface area (Å²) in [5, 5.41) is 20.6. The van der Waals surface area contributed by atoms with Crippen molar-refractivity contribution in [3.8, 4) is 0 Å². The van der Waals surface area contributed by atoms with Gasteiger partial charge < -0.3 is 20.3 Å². The van der Waals surface area contributed by atoms with Crippen LogP contribution in [0.3, 0.4) is 0 Å². The summed E-state index contributed by atoms with van der Waals surface area (Å²) >= 11 is 0. The molecule has 1 unspecified atom stereocenters. The van der Waals surface area contributed by atoms with Gasteiger partial charge in [-0.2, -0.15) is 0 Å². The Morgan fingerprint density at radius 2 is 2.17 bits per heavy atom. The van der Waals surface area contributed by atoms with Crippen LogP contribution >= 0.6 is 0 Å². The fraction of sp³-hybridized carbons (Fsp3) is 1.00. The van der Waals surface area contributed by atoms with Crippen molar-refractivity contribution < 1.29 is 14.9 Å². The number of ether oxygens (including phenoxy) is 1. The zero-order valence-electron chi connectivity index (χ0n) is 7.62. The Labute approximate surface area is 73.5 Å². The highest BCUT2D eigenvalue weighted by molar-refractivity contribution is 4.54. The fourth-order valence-electron chi connectivity index (χ4n) is 0.853. The first kappa shape index (κ1) is 11.8. The topological polar surface area (TPSA) is 61.7 Å². The van der Waals surface area contributed by atoms with E-state index in [2.05, 4.69) is 5.32 Å². The molecule has 0 aliphatic carbocycles. The van der Waals surface area contributed by atoms with Crippen molar-refractivity contribution in [3.63, 3.8) is 0 Å². The second-order valence-corrected chi connectivity index (χ2v) is 2.72. The average molecular weight is 177 g/mol. The van der Waals surface area contributed by atoms with Gasteiger partial charge in [-0.05, 0) is 19.4 Å². The minimum atomic E-state index is -0.561. The highest BCUT2D eigenvalue weighted by Crippen LogP contribution is 1.93. The van der Waals surface area contributed by atoms with E-state index in [-0.39, 0.29) is 6.61 Å². The summed E-state index contributed by atoms with van der Waals surface area (Å²) in [7, 11) is 1.66. The van der Waals surface area contributed by atoms with E-state index in [1.165, 1.54) is 0 Å². The molecule has 0 aromatic heterocycles. The molecule has 4 nitrogen and oxygen atoms in total. The van der Waals surface area contributed by atoms with Gasteiger partial charge in [0.05, 0.1) is 19.3 Å². The largest absolute Gasteiger partial charge is 0.394 e. The minimum absolute atomic E-state index is 0.141. The van der Waals surface area contributed by atoms with Crippen LogP contribution in [0, 0.1) is 0 Å². The number of aliphatic hydroxyl groups excluding tert-OH is 2. The lowest BCUT2D eigenvalue weighted by Crippen LogP contribution is -2.22. The predicted molar refractivity (Wildman–Crippen MR) is 47.1 cm³/mol. The lowest BCUT2D eigenvalue weighted by Gasteiger charge is -2.07. The number of hydrogen-bond acceptors (Lipinski definition) is 4. The quantitative estimate of drug-likeness (QED) is 0.431. The van der Waals surface area contributed by atoms with E-state index in [1.54, 1.807) is 7.11 Å². The number of methoxy groups -OCH3 is 1. The molecule has 0 saturated heterocycles. The van der Waals surface area contributed by atoms with Crippen LogP contribution in [-0.2, 0) is 4.74 Å². The lowest BCUT2D eigenvalue weighted by atomic mass is 10.2. The van der Waals surface area contributed by atoms with Crippen LogP contribution in [0.4, 0.5) is 0 Å². The normalized spacial score (nSPS) is 13.2. The van der Waals surface area contributed by atoms with Gasteiger partial charge in [0.2, 0.25) is 0 Å². The van der Waals surface area contributed by atoms with Crippen LogP contribution in [0.1, 0.15) is 12.8 Å². The zero-order valence-corrected chi connectivity index (χ0v) is 7.62. The minimum Gasteiger partial charge on any atom is -0.394 e. The van der Waals surface area contributed by atoms with Crippen molar-refractivity contribution in [1.29, 1.82) is 0 Å². The van der Waals surface area contributed by atoms with E-state index >= 15 is 0 Å². The summed E-state index contributed by atoms with van der Waals surface area (Å²) < 4.78 is 4.84. The first-order chi connectivity index (χ1) is 5.81. The number of nitrogens with one attached hydrogen (secondary N) is 1. The molecule has 0 spiro atoms. The molecule has 0 radical (unpaired) electrons. The van der Waals surface area contributed by atoms with Gasteiger partial charge in [0.15, 0.2) is 0 Å². The molecule has 0 aliphatic heterocycles. The van der Waals surface area contributed by atoms with Crippen LogP contribution in [0.2, 0.25) is 0 Å². The maximum atomic E-state index is 8.96. The number of hydrogen-bond donors (Lipinski definition) is 3. The summed E-state index contributed by atoms with van der Waals surface area (Å²) in [5.41, 5.74) is 0. The van der Waals surface area contributed by atoms with E-state index < -0.39 is 6.10 Å². The molecule has 0 bridgehead atoms. The first-order valence-electron chi connectivity index (χ1n) is 4.29. The summed E-state index contributed by atoms with van der Waals surface area (Å²) in [6, 6.07) is 0. The van der Waals surface area contributed by atoms with Gasteiger partial charge in [-0.25, -0.2) is 0 Å². The van der Waals surface area contributed by atoms with Crippen LogP contribution in [0.15, 0.2) is 0 Å². The van der Waals surface area contributed by atoms with E-state index in [0.29, 0.717) is 13.0 Å². The van der Waals surface area contributed by atoms with Crippen molar-refractivity contribution in [3.05, 3.63) is 0 Å². The summed E-state index contributed by atoms with van der Waals surface area (Å²) in [4.78, 5) is 0. The summed E-state index contributed by atoms with van der Waals surface area (Å²) in [5.74, 6) is 0. The molecule has 0 fully saturated rings. The third kappa shape index (κ3) is 7.94. The van der Waals surface area contributed by atoms with E-state index in [9.17, 15) is 0 Å². The first-order valence-corrected chi connectivity index (χ1v) is 4.29. The van der Waals surface area contributed by atoms with E-state index in [0.717, 1.165) is 19.5 Å². The molecule has 12 heavy (non-hydrogen) atoms. The Kier molecular flexibility index (Phi) is 8.81.